The van der Waals surface area contributed by atoms with E-state index in [0.29, 0.717) is 5.57 Å². The van der Waals surface area contributed by atoms with E-state index in [1.807, 2.05) is 0 Å². The minimum atomic E-state index is -1.82. The number of amides is 4. The third-order valence-corrected chi connectivity index (χ3v) is 8.49. The first-order valence-electron chi connectivity index (χ1n) is 13.1. The smallest absolute Gasteiger partial charge is 0.352 e. The fraction of sp³-hybridized carbons (Fsp3) is 0.435. The predicted octanol–water partition coefficient (Wildman–Crippen LogP) is -2.57. The summed E-state index contributed by atoms with van der Waals surface area (Å²) in [5, 5.41) is 29.9. The molecule has 1 saturated heterocycles. The molecule has 2 atom stereocenters. The first-order chi connectivity index (χ1) is 21.2. The highest BCUT2D eigenvalue weighted by Crippen LogP contribution is 2.40. The van der Waals surface area contributed by atoms with E-state index < -0.39 is 52.5 Å². The van der Waals surface area contributed by atoms with Crippen LogP contribution in [-0.4, -0.2) is 101 Å². The predicted molar refractivity (Wildman–Crippen MR) is 159 cm³/mol. The lowest BCUT2D eigenvalue weighted by molar-refractivity contribution is -0.765. The van der Waals surface area contributed by atoms with Gasteiger partial charge in [-0.25, -0.2) is 14.4 Å². The highest BCUT2D eigenvalue weighted by molar-refractivity contribution is 8.00. The summed E-state index contributed by atoms with van der Waals surface area (Å²) >= 11 is 1.96. The topological polar surface area (TPSA) is 299 Å². The number of rotatable bonds is 12. The molecule has 0 aromatic carbocycles. The maximum atomic E-state index is 13.3. The largest absolute Gasteiger partial charge is 0.478 e. The van der Waals surface area contributed by atoms with Gasteiger partial charge in [0, 0.05) is 35.9 Å². The Hall–Kier alpha value is -4.96. The average molecular weight is 671 g/mol. The highest BCUT2D eigenvalue weighted by Gasteiger charge is 2.55. The minimum absolute atomic E-state index is 0.00361. The van der Waals surface area contributed by atoms with Crippen molar-refractivity contribution in [3.05, 3.63) is 23.3 Å². The van der Waals surface area contributed by atoms with Crippen molar-refractivity contribution in [2.45, 2.75) is 37.4 Å². The van der Waals surface area contributed by atoms with E-state index in [1.165, 1.54) is 36.5 Å². The van der Waals surface area contributed by atoms with Crippen LogP contribution in [0.25, 0.3) is 0 Å². The summed E-state index contributed by atoms with van der Waals surface area (Å²) in [5.41, 5.74) is 15.2. The molecule has 1 fully saturated rings. The molecule has 0 radical (unpaired) electrons. The molecule has 4 heterocycles. The van der Waals surface area contributed by atoms with Crippen molar-refractivity contribution in [3.63, 3.8) is 0 Å². The summed E-state index contributed by atoms with van der Waals surface area (Å²) in [6.07, 6.45) is 1.52. The molecular formula is C23H31N12O8S2+. The zero-order valence-electron chi connectivity index (χ0n) is 24.1. The van der Waals surface area contributed by atoms with Crippen LogP contribution >= 0.6 is 23.3 Å². The number of nitrogens with zero attached hydrogens (tertiary/aromatic N) is 6. The number of hydrogen-bond donors (Lipinski definition) is 8. The fourth-order valence-corrected chi connectivity index (χ4v) is 5.91. The number of thioether (sulfide) groups is 1. The Morgan fingerprint density at radius 3 is 2.58 bits per heavy atom. The van der Waals surface area contributed by atoms with E-state index >= 15 is 0 Å². The molecule has 22 heteroatoms. The zero-order valence-corrected chi connectivity index (χ0v) is 25.8. The number of fused-ring (bicyclic) bond motifs is 1. The third-order valence-electron chi connectivity index (χ3n) is 6.60. The van der Waals surface area contributed by atoms with E-state index in [1.54, 1.807) is 11.7 Å². The number of nitrogens with two attached hydrogens (primary N) is 3. The van der Waals surface area contributed by atoms with Crippen molar-refractivity contribution in [2.24, 2.45) is 17.9 Å². The van der Waals surface area contributed by atoms with Gasteiger partial charge in [0.15, 0.2) is 23.2 Å². The molecule has 0 bridgehead atoms. The molecule has 11 N–H and O–H groups in total. The Morgan fingerprint density at radius 1 is 1.27 bits per heavy atom. The van der Waals surface area contributed by atoms with Crippen molar-refractivity contribution in [1.82, 2.24) is 29.6 Å². The van der Waals surface area contributed by atoms with Crippen molar-refractivity contribution in [3.8, 4) is 0 Å². The van der Waals surface area contributed by atoms with Gasteiger partial charge in [0.25, 0.3) is 11.8 Å². The number of oxime groups is 1. The van der Waals surface area contributed by atoms with Gasteiger partial charge in [0.2, 0.25) is 23.3 Å². The van der Waals surface area contributed by atoms with Gasteiger partial charge in [-0.05, 0) is 13.8 Å². The lowest BCUT2D eigenvalue weighted by atomic mass is 10.0. The Labute approximate surface area is 262 Å². The van der Waals surface area contributed by atoms with E-state index in [9.17, 15) is 34.2 Å². The van der Waals surface area contributed by atoms with E-state index in [4.69, 9.17) is 22.0 Å². The first kappa shape index (κ1) is 32.9. The number of carboxylic acids is 2. The molecular weight excluding hydrogens is 639 g/mol. The first-order valence-corrected chi connectivity index (χ1v) is 14.9. The van der Waals surface area contributed by atoms with Gasteiger partial charge in [0.1, 0.15) is 17.1 Å². The number of carbonyl (C=O) groups excluding carboxylic acids is 3. The standard InChI is InChI=1S/C23H30N12O8S2/c1-23(2,20(40)41)43-31-11(15-30-21(26)45-32-15)16(36)29-12-17(37)35-13(19(38)39)9(8-44-18(12)35)6-34-7-10(14(25)33(34)3)28-22(42)27-5-4-24/h7,12,18,25H,4-6,8,24H2,1-3H3,(H7,26,27,28,29,30,32,36,38,39,40,41,42)/p+1/b31-11-/t12?,18-/m1/s1/i20+1,23+1,31+1. The van der Waals surface area contributed by atoms with Crippen LogP contribution in [0.15, 0.2) is 22.6 Å². The number of carboxylic acid groups (broad SMARTS) is 2. The maximum Gasteiger partial charge on any atom is 0.352 e. The van der Waals surface area contributed by atoms with Gasteiger partial charge in [-0.2, -0.15) is 9.36 Å². The average Bonchev–Trinajstić information content (AvgIpc) is 3.52. The molecule has 4 rings (SSSR count). The van der Waals surface area contributed by atoms with Gasteiger partial charge in [0.05, 0.1) is 7.05 Å². The number of hydrogen-bond acceptors (Lipinski definition) is 14. The lowest BCUT2D eigenvalue weighted by Crippen LogP contribution is -2.71. The van der Waals surface area contributed by atoms with E-state index in [-0.39, 0.29) is 53.5 Å². The molecule has 4 amide bonds. The molecule has 2 aromatic rings. The number of β-lactam (4-membered cyclic amide) rings is 1. The molecule has 0 saturated carbocycles. The quantitative estimate of drug-likeness (QED) is 0.0288. The number of aliphatic carboxylic acids is 2. The van der Waals surface area contributed by atoms with Crippen LogP contribution in [0.5, 0.6) is 0 Å². The van der Waals surface area contributed by atoms with Crippen LogP contribution in [0.2, 0.25) is 0 Å². The summed E-state index contributed by atoms with van der Waals surface area (Å²) in [6, 6.07) is -1.68. The van der Waals surface area contributed by atoms with E-state index in [2.05, 4.69) is 30.5 Å². The molecule has 2 aliphatic heterocycles. The molecule has 2 aromatic heterocycles. The van der Waals surface area contributed by atoms with Crippen LogP contribution in [0.3, 0.4) is 0 Å². The molecule has 2 aliphatic rings. The summed E-state index contributed by atoms with van der Waals surface area (Å²) in [7, 11) is 1.61. The second kappa shape index (κ2) is 13.0. The Morgan fingerprint density at radius 2 is 1.98 bits per heavy atom. The molecule has 0 spiro atoms. The second-order valence-electron chi connectivity index (χ2n) is 10.1. The van der Waals surface area contributed by atoms with Gasteiger partial charge in [-0.3, -0.25) is 19.8 Å². The van der Waals surface area contributed by atoms with Gasteiger partial charge in [-0.1, -0.05) is 5.16 Å². The summed E-state index contributed by atoms with van der Waals surface area (Å²) in [4.78, 5) is 72.4. The number of carbonyl (C=O) groups is 5. The summed E-state index contributed by atoms with van der Waals surface area (Å²) < 4.78 is 7.00. The summed E-state index contributed by atoms with van der Waals surface area (Å²) in [5.74, 6) is -4.28. The van der Waals surface area contributed by atoms with Gasteiger partial charge < -0.3 is 42.9 Å². The van der Waals surface area contributed by atoms with Crippen molar-refractivity contribution in [2.75, 3.05) is 35.6 Å². The summed E-state index contributed by atoms with van der Waals surface area (Å²) in [6.45, 7) is 2.92. The number of nitrogen functional groups attached to an aromatic ring is 2. The number of anilines is 3. The Balaban J connectivity index is 1.54. The zero-order chi connectivity index (χ0) is 33.2. The fourth-order valence-electron chi connectivity index (χ4n) is 4.14. The van der Waals surface area contributed by atoms with Crippen molar-refractivity contribution < 1.29 is 43.7 Å². The lowest BCUT2D eigenvalue weighted by Gasteiger charge is -2.49. The number of nitrogens with one attached hydrogen (secondary N) is 3. The molecule has 1 unspecified atom stereocenters. The van der Waals surface area contributed by atoms with Crippen LogP contribution in [-0.2, 0) is 37.6 Å². The molecule has 0 aliphatic carbocycles. The molecule has 20 nitrogen and oxygen atoms in total. The monoisotopic (exact) mass is 670 g/mol. The van der Waals surface area contributed by atoms with Crippen molar-refractivity contribution in [1.29, 1.82) is 0 Å². The van der Waals surface area contributed by atoms with Crippen molar-refractivity contribution >= 4 is 75.4 Å². The van der Waals surface area contributed by atoms with Gasteiger partial charge in [-0.15, -0.1) is 21.1 Å². The van der Waals surface area contributed by atoms with Crippen LogP contribution in [0.4, 0.5) is 21.4 Å². The highest BCUT2D eigenvalue weighted by atomic mass is 32.2. The Bertz CT molecular complexity index is 1620. The second-order valence-corrected chi connectivity index (χ2v) is 12.0. The SMILES string of the molecule is Cn1c(N)c(NC(=O)NCCN)c[n+]1CC1=C(C(=O)O)N2C(=O)C(NC(=O)/C(=[15N]\O[13C](C)(C)[13C](=O)O)c3nsc(N)n3)[C@H]2SC1. The third kappa shape index (κ3) is 6.76. The maximum absolute atomic E-state index is 13.3. The molecule has 242 valence electrons. The van der Waals surface area contributed by atoms with Gasteiger partial charge >= 0.3 is 18.0 Å². The van der Waals surface area contributed by atoms with Crippen LogP contribution < -0.4 is 37.8 Å². The molecule has 45 heavy (non-hydrogen) atoms. The number of aromatic nitrogens is 4. The van der Waals surface area contributed by atoms with E-state index in [0.717, 1.165) is 16.4 Å². The van der Waals surface area contributed by atoms with Crippen LogP contribution in [0.1, 0.15) is 19.7 Å². The minimum Gasteiger partial charge on any atom is -0.478 e. The normalized spacial score (nSPS) is 18.2. The Kier molecular flexibility index (Phi) is 9.48. The van der Waals surface area contributed by atoms with Crippen LogP contribution in [0, 0.1) is 0 Å². The number of urea groups is 1.